The highest BCUT2D eigenvalue weighted by Gasteiger charge is 1.88. The van der Waals surface area contributed by atoms with Crippen molar-refractivity contribution in [1.29, 1.82) is 0 Å². The molecule has 0 unspecified atom stereocenters. The highest BCUT2D eigenvalue weighted by atomic mass is 19.1. The zero-order valence-electron chi connectivity index (χ0n) is 5.45. The minimum Gasteiger partial charge on any atom is -0.216 e. The summed E-state index contributed by atoms with van der Waals surface area (Å²) < 4.78 is 11.3. The Balaban J connectivity index is 2.93. The molecule has 0 aliphatic heterocycles. The molecule has 1 radical (unpaired) electrons. The third kappa shape index (κ3) is 5.67. The summed E-state index contributed by atoms with van der Waals surface area (Å²) in [5, 5.41) is 0. The van der Waals surface area contributed by atoms with Gasteiger partial charge in [0, 0.05) is 0 Å². The fourth-order valence-electron chi connectivity index (χ4n) is 0.435. The fourth-order valence-corrected chi connectivity index (χ4v) is 0.435. The molecular weight excluding hydrogens is 103 g/mol. The Hall–Kier alpha value is -0.330. The van der Waals surface area contributed by atoms with Gasteiger partial charge in [0.05, 0.1) is 6.33 Å². The molecule has 0 saturated carbocycles. The summed E-state index contributed by atoms with van der Waals surface area (Å²) in [6, 6.07) is 0. The zero-order valence-corrected chi connectivity index (χ0v) is 5.45. The average molecular weight is 115 g/mol. The predicted molar refractivity (Wildman–Crippen MR) is 34.1 cm³/mol. The number of hydrogen-bond acceptors (Lipinski definition) is 0. The monoisotopic (exact) mass is 115 g/mol. The van der Waals surface area contributed by atoms with Crippen molar-refractivity contribution in [2.75, 3.05) is 0 Å². The van der Waals surface area contributed by atoms with Crippen LogP contribution in [0.25, 0.3) is 0 Å². The Labute approximate surface area is 50.4 Å². The van der Waals surface area contributed by atoms with E-state index in [4.69, 9.17) is 0 Å². The van der Waals surface area contributed by atoms with Crippen molar-refractivity contribution in [1.82, 2.24) is 0 Å². The maximum atomic E-state index is 11.3. The van der Waals surface area contributed by atoms with Crippen LogP contribution in [0, 0.1) is 5.92 Å². The van der Waals surface area contributed by atoms with Crippen LogP contribution in [0.5, 0.6) is 0 Å². The first-order valence-corrected chi connectivity index (χ1v) is 2.81. The molecular formula is C7H12F. The molecule has 8 heavy (non-hydrogen) atoms. The Morgan fingerprint density at radius 2 is 2.12 bits per heavy atom. The number of allylic oxidation sites excluding steroid dienone is 1. The quantitative estimate of drug-likeness (QED) is 0.530. The van der Waals surface area contributed by atoms with Crippen molar-refractivity contribution in [2.45, 2.75) is 26.7 Å². The van der Waals surface area contributed by atoms with Crippen LogP contribution in [0.1, 0.15) is 26.7 Å². The average Bonchev–Trinajstić information content (AvgIpc) is 1.66. The molecule has 0 fully saturated rings. The van der Waals surface area contributed by atoms with Gasteiger partial charge in [0.15, 0.2) is 0 Å². The third-order valence-electron chi connectivity index (χ3n) is 0.900. The minimum absolute atomic E-state index is 0.600. The van der Waals surface area contributed by atoms with Gasteiger partial charge < -0.3 is 0 Å². The van der Waals surface area contributed by atoms with Crippen LogP contribution < -0.4 is 0 Å². The molecule has 0 aromatic heterocycles. The van der Waals surface area contributed by atoms with E-state index in [1.54, 1.807) is 0 Å². The molecule has 47 valence electrons. The van der Waals surface area contributed by atoms with Gasteiger partial charge in [-0.3, -0.25) is 0 Å². The third-order valence-corrected chi connectivity index (χ3v) is 0.900. The van der Waals surface area contributed by atoms with E-state index >= 15 is 0 Å². The van der Waals surface area contributed by atoms with E-state index in [1.807, 2.05) is 13.8 Å². The normalized spacial score (nSPS) is 11.5. The number of hydrogen-bond donors (Lipinski definition) is 0. The molecule has 0 N–H and O–H groups in total. The van der Waals surface area contributed by atoms with E-state index in [2.05, 4.69) is 0 Å². The van der Waals surface area contributed by atoms with Gasteiger partial charge >= 0.3 is 0 Å². The largest absolute Gasteiger partial charge is 0.216 e. The Kier molecular flexibility index (Phi) is 4.62. The van der Waals surface area contributed by atoms with Crippen molar-refractivity contribution in [3.63, 3.8) is 0 Å². The summed E-state index contributed by atoms with van der Waals surface area (Å²) in [5.74, 6) is 1.35. The summed E-state index contributed by atoms with van der Waals surface area (Å²) in [5.41, 5.74) is 0. The Morgan fingerprint density at radius 3 is 2.50 bits per heavy atom. The summed E-state index contributed by atoms with van der Waals surface area (Å²) in [6.45, 7) is 4.10. The van der Waals surface area contributed by atoms with Crippen molar-refractivity contribution < 1.29 is 4.39 Å². The number of halogens is 1. The first-order chi connectivity index (χ1) is 3.77. The van der Waals surface area contributed by atoms with E-state index in [0.29, 0.717) is 6.33 Å². The molecule has 0 rings (SSSR count). The first kappa shape index (κ1) is 7.67. The van der Waals surface area contributed by atoms with Gasteiger partial charge in [0.1, 0.15) is 0 Å². The molecule has 0 spiro atoms. The van der Waals surface area contributed by atoms with Gasteiger partial charge in [-0.1, -0.05) is 19.9 Å². The van der Waals surface area contributed by atoms with Gasteiger partial charge in [0.2, 0.25) is 0 Å². The summed E-state index contributed by atoms with van der Waals surface area (Å²) in [7, 11) is 0. The highest BCUT2D eigenvalue weighted by Crippen LogP contribution is 2.05. The molecule has 0 bridgehead atoms. The maximum Gasteiger partial charge on any atom is 0.0827 e. The van der Waals surface area contributed by atoms with Gasteiger partial charge in [-0.2, -0.15) is 0 Å². The van der Waals surface area contributed by atoms with Crippen molar-refractivity contribution in [3.05, 3.63) is 18.3 Å². The van der Waals surface area contributed by atoms with Crippen LogP contribution in [-0.4, -0.2) is 0 Å². The van der Waals surface area contributed by atoms with Gasteiger partial charge in [-0.05, 0) is 18.8 Å². The smallest absolute Gasteiger partial charge is 0.0827 e. The van der Waals surface area contributed by atoms with E-state index in [0.717, 1.165) is 12.8 Å². The van der Waals surface area contributed by atoms with Crippen LogP contribution in [0.4, 0.5) is 4.39 Å². The molecule has 0 saturated heterocycles. The second-order valence-electron chi connectivity index (χ2n) is 2.11. The molecule has 0 amide bonds. The lowest BCUT2D eigenvalue weighted by Crippen LogP contribution is -1.79. The van der Waals surface area contributed by atoms with E-state index in [1.165, 1.54) is 12.0 Å². The number of rotatable bonds is 3. The van der Waals surface area contributed by atoms with E-state index < -0.39 is 0 Å². The molecule has 0 aliphatic carbocycles. The lowest BCUT2D eigenvalue weighted by atomic mass is 10.1. The van der Waals surface area contributed by atoms with Crippen molar-refractivity contribution >= 4 is 0 Å². The predicted octanol–water partition coefficient (Wildman–Crippen LogP) is 2.86. The van der Waals surface area contributed by atoms with Gasteiger partial charge in [-0.15, -0.1) is 0 Å². The van der Waals surface area contributed by atoms with Crippen molar-refractivity contribution in [2.24, 2.45) is 0 Å². The molecule has 0 aromatic carbocycles. The highest BCUT2D eigenvalue weighted by molar-refractivity contribution is 4.82. The molecule has 0 aromatic rings. The van der Waals surface area contributed by atoms with E-state index in [-0.39, 0.29) is 0 Å². The zero-order chi connectivity index (χ0) is 6.41. The second-order valence-corrected chi connectivity index (χ2v) is 2.11. The molecule has 0 aliphatic rings. The van der Waals surface area contributed by atoms with Gasteiger partial charge in [-0.25, -0.2) is 4.39 Å². The second kappa shape index (κ2) is 4.82. The molecule has 1 heteroatoms. The molecule has 0 atom stereocenters. The van der Waals surface area contributed by atoms with Crippen LogP contribution in [0.15, 0.2) is 12.4 Å². The van der Waals surface area contributed by atoms with Crippen LogP contribution in [0.2, 0.25) is 0 Å². The van der Waals surface area contributed by atoms with Crippen LogP contribution in [0.3, 0.4) is 0 Å². The summed E-state index contributed by atoms with van der Waals surface area (Å²) >= 11 is 0. The van der Waals surface area contributed by atoms with Crippen LogP contribution >= 0.6 is 0 Å². The standard InChI is InChI=1S/C7H12F/c1-7(2)5-3-4-6-8/h4,6H,3,5H2,1-2H3. The van der Waals surface area contributed by atoms with E-state index in [9.17, 15) is 4.39 Å². The Bertz CT molecular complexity index is 64.8. The molecule has 0 heterocycles. The van der Waals surface area contributed by atoms with Gasteiger partial charge in [0.25, 0.3) is 0 Å². The topological polar surface area (TPSA) is 0 Å². The first-order valence-electron chi connectivity index (χ1n) is 2.81. The Morgan fingerprint density at radius 1 is 1.50 bits per heavy atom. The maximum absolute atomic E-state index is 11.3. The fraction of sp³-hybridized carbons (Fsp3) is 0.571. The summed E-state index contributed by atoms with van der Waals surface area (Å²) in [6.07, 6.45) is 3.97. The molecule has 0 nitrogen and oxygen atoms in total. The lowest BCUT2D eigenvalue weighted by Gasteiger charge is -1.96. The van der Waals surface area contributed by atoms with Crippen LogP contribution in [-0.2, 0) is 0 Å². The SMILES string of the molecule is C[C](C)CCC=CF. The minimum atomic E-state index is 0.600. The summed E-state index contributed by atoms with van der Waals surface area (Å²) in [4.78, 5) is 0. The van der Waals surface area contributed by atoms with Crippen molar-refractivity contribution in [3.8, 4) is 0 Å². The lowest BCUT2D eigenvalue weighted by molar-refractivity contribution is 0.709.